The van der Waals surface area contributed by atoms with Gasteiger partial charge >= 0.3 is 0 Å². The van der Waals surface area contributed by atoms with Gasteiger partial charge in [0, 0.05) is 17.1 Å². The molecular formula is C24H23ClN2O3. The maximum atomic E-state index is 13.3. The zero-order valence-corrected chi connectivity index (χ0v) is 17.2. The van der Waals surface area contributed by atoms with Gasteiger partial charge in [0.15, 0.2) is 0 Å². The number of nitrogens with zero attached hydrogens (tertiary/aromatic N) is 1. The summed E-state index contributed by atoms with van der Waals surface area (Å²) >= 11 is 6.04. The van der Waals surface area contributed by atoms with Crippen LogP contribution in [0.15, 0.2) is 54.6 Å². The Morgan fingerprint density at radius 1 is 1.00 bits per heavy atom. The molecule has 1 heterocycles. The Morgan fingerprint density at radius 2 is 1.67 bits per heavy atom. The molecule has 6 heteroatoms. The first kappa shape index (κ1) is 19.3. The molecule has 5 rings (SSSR count). The molecule has 154 valence electrons. The fraction of sp³-hybridized carbons (Fsp3) is 0.375. The maximum Gasteiger partial charge on any atom is 0.248 e. The van der Waals surface area contributed by atoms with Crippen molar-refractivity contribution in [2.75, 3.05) is 5.32 Å². The van der Waals surface area contributed by atoms with Gasteiger partial charge in [-0.1, -0.05) is 48.0 Å². The molecule has 0 unspecified atom stereocenters. The third-order valence-electron chi connectivity index (χ3n) is 6.94. The first-order valence-electron chi connectivity index (χ1n) is 10.5. The Bertz CT molecular complexity index is 981. The van der Waals surface area contributed by atoms with Gasteiger partial charge in [-0.25, -0.2) is 0 Å². The molecule has 3 fully saturated rings. The molecule has 2 aliphatic carbocycles. The van der Waals surface area contributed by atoms with E-state index in [0.29, 0.717) is 17.1 Å². The van der Waals surface area contributed by atoms with Gasteiger partial charge in [-0.3, -0.25) is 19.3 Å². The molecule has 5 nitrogen and oxygen atoms in total. The lowest BCUT2D eigenvalue weighted by Crippen LogP contribution is -2.49. The van der Waals surface area contributed by atoms with Crippen LogP contribution in [-0.2, 0) is 20.8 Å². The Morgan fingerprint density at radius 3 is 2.30 bits per heavy atom. The molecule has 0 spiro atoms. The first-order chi connectivity index (χ1) is 14.5. The SMILES string of the molecule is O=C(Nc1cccc(Cl)c1)[C@@H](Cc1ccccc1)N1C(=O)[C@@H]2[C@@H]3CC[C@@H](C3)[C@@H]2C1=O. The van der Waals surface area contributed by atoms with Crippen molar-refractivity contribution in [3.8, 4) is 0 Å². The van der Waals surface area contributed by atoms with E-state index in [9.17, 15) is 14.4 Å². The summed E-state index contributed by atoms with van der Waals surface area (Å²) in [6.07, 6.45) is 3.28. The van der Waals surface area contributed by atoms with Crippen molar-refractivity contribution in [2.45, 2.75) is 31.7 Å². The highest BCUT2D eigenvalue weighted by Gasteiger charge is 2.62. The van der Waals surface area contributed by atoms with Gasteiger partial charge in [-0.15, -0.1) is 0 Å². The van der Waals surface area contributed by atoms with E-state index >= 15 is 0 Å². The highest BCUT2D eigenvalue weighted by Crippen LogP contribution is 2.56. The van der Waals surface area contributed by atoms with Crippen molar-refractivity contribution in [1.82, 2.24) is 4.90 Å². The van der Waals surface area contributed by atoms with E-state index in [1.54, 1.807) is 24.3 Å². The summed E-state index contributed by atoms with van der Waals surface area (Å²) in [4.78, 5) is 41.2. The lowest BCUT2D eigenvalue weighted by molar-refractivity contribution is -0.147. The number of hydrogen-bond acceptors (Lipinski definition) is 3. The predicted octanol–water partition coefficient (Wildman–Crippen LogP) is 3.92. The quantitative estimate of drug-likeness (QED) is 0.742. The van der Waals surface area contributed by atoms with Crippen LogP contribution in [0.25, 0.3) is 0 Å². The summed E-state index contributed by atoms with van der Waals surface area (Å²) in [5.74, 6) is -0.611. The van der Waals surface area contributed by atoms with Gasteiger partial charge in [-0.2, -0.15) is 0 Å². The van der Waals surface area contributed by atoms with E-state index in [1.165, 1.54) is 4.90 Å². The number of anilines is 1. The van der Waals surface area contributed by atoms with Crippen LogP contribution in [0.1, 0.15) is 24.8 Å². The number of fused-ring (bicyclic) bond motifs is 5. The molecule has 30 heavy (non-hydrogen) atoms. The van der Waals surface area contributed by atoms with E-state index in [-0.39, 0.29) is 41.4 Å². The molecule has 3 amide bonds. The molecule has 2 aromatic carbocycles. The van der Waals surface area contributed by atoms with Crippen LogP contribution in [-0.4, -0.2) is 28.7 Å². The average Bonchev–Trinajstić information content (AvgIpc) is 3.41. The highest BCUT2D eigenvalue weighted by atomic mass is 35.5. The fourth-order valence-corrected chi connectivity index (χ4v) is 5.86. The van der Waals surface area contributed by atoms with Crippen molar-refractivity contribution in [3.63, 3.8) is 0 Å². The summed E-state index contributed by atoms with van der Waals surface area (Å²) < 4.78 is 0. The summed E-state index contributed by atoms with van der Waals surface area (Å²) in [5, 5.41) is 3.36. The predicted molar refractivity (Wildman–Crippen MR) is 114 cm³/mol. The Hall–Kier alpha value is -2.66. The molecule has 0 aromatic heterocycles. The number of hydrogen-bond donors (Lipinski definition) is 1. The van der Waals surface area contributed by atoms with Gasteiger partial charge in [0.2, 0.25) is 17.7 Å². The van der Waals surface area contributed by atoms with Crippen molar-refractivity contribution >= 4 is 35.0 Å². The molecule has 2 saturated carbocycles. The topological polar surface area (TPSA) is 66.5 Å². The van der Waals surface area contributed by atoms with Crippen LogP contribution in [0.5, 0.6) is 0 Å². The number of likely N-dealkylation sites (tertiary alicyclic amines) is 1. The third kappa shape index (κ3) is 3.21. The molecule has 2 bridgehead atoms. The van der Waals surface area contributed by atoms with E-state index in [4.69, 9.17) is 11.6 Å². The second-order valence-corrected chi connectivity index (χ2v) is 9.07. The van der Waals surface area contributed by atoms with Crippen molar-refractivity contribution < 1.29 is 14.4 Å². The van der Waals surface area contributed by atoms with E-state index in [0.717, 1.165) is 24.8 Å². The van der Waals surface area contributed by atoms with E-state index < -0.39 is 6.04 Å². The normalized spacial score (nSPS) is 28.0. The molecule has 3 aliphatic rings. The monoisotopic (exact) mass is 422 g/mol. The lowest BCUT2D eigenvalue weighted by atomic mass is 9.81. The maximum absolute atomic E-state index is 13.3. The summed E-state index contributed by atoms with van der Waals surface area (Å²) in [6.45, 7) is 0. The number of amides is 3. The summed E-state index contributed by atoms with van der Waals surface area (Å²) in [7, 11) is 0. The molecule has 1 saturated heterocycles. The van der Waals surface area contributed by atoms with Crippen LogP contribution in [0, 0.1) is 23.7 Å². The number of imide groups is 1. The van der Waals surface area contributed by atoms with Crippen LogP contribution < -0.4 is 5.32 Å². The number of benzene rings is 2. The second-order valence-electron chi connectivity index (χ2n) is 8.64. The lowest BCUT2D eigenvalue weighted by Gasteiger charge is -2.27. The van der Waals surface area contributed by atoms with Gasteiger partial charge in [-0.05, 0) is 54.9 Å². The van der Waals surface area contributed by atoms with Crippen molar-refractivity contribution in [3.05, 3.63) is 65.2 Å². The number of carbonyl (C=O) groups excluding carboxylic acids is 3. The van der Waals surface area contributed by atoms with Crippen molar-refractivity contribution in [1.29, 1.82) is 0 Å². The molecule has 5 atom stereocenters. The Labute approximate surface area is 180 Å². The second kappa shape index (κ2) is 7.55. The summed E-state index contributed by atoms with van der Waals surface area (Å²) in [5.41, 5.74) is 1.45. The van der Waals surface area contributed by atoms with Crippen LogP contribution in [0.3, 0.4) is 0 Å². The minimum absolute atomic E-state index is 0.167. The molecule has 0 radical (unpaired) electrons. The summed E-state index contributed by atoms with van der Waals surface area (Å²) in [6, 6.07) is 15.5. The van der Waals surface area contributed by atoms with Crippen LogP contribution in [0.4, 0.5) is 5.69 Å². The van der Waals surface area contributed by atoms with Crippen LogP contribution in [0.2, 0.25) is 5.02 Å². The van der Waals surface area contributed by atoms with Crippen LogP contribution >= 0.6 is 11.6 Å². The number of carbonyl (C=O) groups is 3. The zero-order valence-electron chi connectivity index (χ0n) is 16.5. The number of halogens is 1. The van der Waals surface area contributed by atoms with Gasteiger partial charge < -0.3 is 5.32 Å². The molecule has 2 aromatic rings. The zero-order chi connectivity index (χ0) is 20.8. The largest absolute Gasteiger partial charge is 0.324 e. The van der Waals surface area contributed by atoms with E-state index in [2.05, 4.69) is 5.32 Å². The Balaban J connectivity index is 1.46. The Kier molecular flexibility index (Phi) is 4.86. The van der Waals surface area contributed by atoms with Gasteiger partial charge in [0.05, 0.1) is 11.8 Å². The third-order valence-corrected chi connectivity index (χ3v) is 7.18. The fourth-order valence-electron chi connectivity index (χ4n) is 5.67. The van der Waals surface area contributed by atoms with E-state index in [1.807, 2.05) is 30.3 Å². The molecule has 1 aliphatic heterocycles. The molecule has 1 N–H and O–H groups in total. The van der Waals surface area contributed by atoms with Crippen molar-refractivity contribution in [2.24, 2.45) is 23.7 Å². The standard InChI is InChI=1S/C24H23ClN2O3/c25-17-7-4-8-18(13-17)26-22(28)19(11-14-5-2-1-3-6-14)27-23(29)20-15-9-10-16(12-15)21(20)24(27)30/h1-8,13,15-16,19-21H,9-12H2,(H,26,28)/t15-,16+,19-,20-,21+/m1/s1. The van der Waals surface area contributed by atoms with Gasteiger partial charge in [0.1, 0.15) is 6.04 Å². The highest BCUT2D eigenvalue weighted by molar-refractivity contribution is 6.30. The first-order valence-corrected chi connectivity index (χ1v) is 10.9. The smallest absolute Gasteiger partial charge is 0.248 e. The number of nitrogens with one attached hydrogen (secondary N) is 1. The van der Waals surface area contributed by atoms with Gasteiger partial charge in [0.25, 0.3) is 0 Å². The average molecular weight is 423 g/mol. The minimum atomic E-state index is -0.878. The number of rotatable bonds is 5. The minimum Gasteiger partial charge on any atom is -0.324 e. The molecular weight excluding hydrogens is 400 g/mol.